The van der Waals surface area contributed by atoms with Crippen molar-refractivity contribution in [2.24, 2.45) is 0 Å². The number of nitrogen functional groups attached to an aromatic ring is 1. The van der Waals surface area contributed by atoms with Gasteiger partial charge in [-0.3, -0.25) is 0 Å². The molecule has 84 valence electrons. The lowest BCUT2D eigenvalue weighted by molar-refractivity contribution is 0.152. The number of alkyl halides is 2. The minimum atomic E-state index is -2.47. The molecule has 0 aromatic carbocycles. The fourth-order valence-corrected chi connectivity index (χ4v) is 1.19. The lowest BCUT2D eigenvalue weighted by Gasteiger charge is -2.22. The molecule has 0 bridgehead atoms. The van der Waals surface area contributed by atoms with Gasteiger partial charge in [0.2, 0.25) is 0 Å². The van der Waals surface area contributed by atoms with E-state index in [2.05, 4.69) is 4.98 Å². The van der Waals surface area contributed by atoms with E-state index in [4.69, 9.17) is 10.8 Å². The lowest BCUT2D eigenvalue weighted by atomic mass is 10.3. The zero-order valence-corrected chi connectivity index (χ0v) is 8.11. The van der Waals surface area contributed by atoms with Crippen LogP contribution in [0.15, 0.2) is 18.3 Å². The third-order valence-corrected chi connectivity index (χ3v) is 1.82. The number of hydrogen-bond acceptors (Lipinski definition) is 4. The second-order valence-corrected chi connectivity index (χ2v) is 3.01. The Morgan fingerprint density at radius 2 is 2.27 bits per heavy atom. The molecule has 6 heteroatoms. The van der Waals surface area contributed by atoms with Gasteiger partial charge in [-0.1, -0.05) is 0 Å². The van der Waals surface area contributed by atoms with E-state index >= 15 is 0 Å². The standard InChI is InChI=1S/C9H13F2N3O/c10-8(11)6-14(3-4-15)9-5-7(12)1-2-13-9/h1-2,5,8,15H,3-4,6H2,(H2,12,13). The van der Waals surface area contributed by atoms with E-state index in [1.54, 1.807) is 6.07 Å². The summed E-state index contributed by atoms with van der Waals surface area (Å²) in [4.78, 5) is 5.21. The number of nitrogens with two attached hydrogens (primary N) is 1. The van der Waals surface area contributed by atoms with Gasteiger partial charge in [0.1, 0.15) is 5.82 Å². The summed E-state index contributed by atoms with van der Waals surface area (Å²) >= 11 is 0. The van der Waals surface area contributed by atoms with Crippen molar-refractivity contribution in [2.45, 2.75) is 6.43 Å². The van der Waals surface area contributed by atoms with Gasteiger partial charge in [-0.2, -0.15) is 0 Å². The monoisotopic (exact) mass is 217 g/mol. The first-order valence-corrected chi connectivity index (χ1v) is 4.49. The van der Waals surface area contributed by atoms with Gasteiger partial charge in [0.15, 0.2) is 0 Å². The molecule has 15 heavy (non-hydrogen) atoms. The fraction of sp³-hybridized carbons (Fsp3) is 0.444. The highest BCUT2D eigenvalue weighted by Gasteiger charge is 2.13. The zero-order valence-electron chi connectivity index (χ0n) is 8.11. The minimum Gasteiger partial charge on any atom is -0.399 e. The summed E-state index contributed by atoms with van der Waals surface area (Å²) < 4.78 is 24.4. The van der Waals surface area contributed by atoms with Gasteiger partial charge < -0.3 is 15.7 Å². The Morgan fingerprint density at radius 3 is 2.80 bits per heavy atom. The second-order valence-electron chi connectivity index (χ2n) is 3.01. The maximum atomic E-state index is 12.2. The van der Waals surface area contributed by atoms with Crippen LogP contribution < -0.4 is 10.6 Å². The molecule has 3 N–H and O–H groups in total. The zero-order chi connectivity index (χ0) is 11.3. The molecular weight excluding hydrogens is 204 g/mol. The summed E-state index contributed by atoms with van der Waals surface area (Å²) in [6.07, 6.45) is -1.03. The van der Waals surface area contributed by atoms with Crippen LogP contribution in [-0.2, 0) is 0 Å². The van der Waals surface area contributed by atoms with Crippen molar-refractivity contribution in [1.82, 2.24) is 4.98 Å². The van der Waals surface area contributed by atoms with Crippen molar-refractivity contribution in [2.75, 3.05) is 30.3 Å². The minimum absolute atomic E-state index is 0.112. The third-order valence-electron chi connectivity index (χ3n) is 1.82. The summed E-state index contributed by atoms with van der Waals surface area (Å²) in [6.45, 7) is -0.555. The first-order chi connectivity index (χ1) is 7.13. The largest absolute Gasteiger partial charge is 0.399 e. The predicted octanol–water partition coefficient (Wildman–Crippen LogP) is 0.728. The van der Waals surface area contributed by atoms with Crippen LogP contribution in [0.2, 0.25) is 0 Å². The molecule has 0 atom stereocenters. The van der Waals surface area contributed by atoms with Gasteiger partial charge in [0.25, 0.3) is 6.43 Å². The van der Waals surface area contributed by atoms with Crippen molar-refractivity contribution in [3.8, 4) is 0 Å². The summed E-state index contributed by atoms with van der Waals surface area (Å²) in [6, 6.07) is 3.07. The molecule has 0 aliphatic carbocycles. The average Bonchev–Trinajstić information content (AvgIpc) is 2.16. The quantitative estimate of drug-likeness (QED) is 0.763. The van der Waals surface area contributed by atoms with E-state index in [-0.39, 0.29) is 13.2 Å². The normalized spacial score (nSPS) is 10.7. The number of rotatable bonds is 5. The van der Waals surface area contributed by atoms with Crippen molar-refractivity contribution in [1.29, 1.82) is 0 Å². The van der Waals surface area contributed by atoms with Crippen LogP contribution in [0.4, 0.5) is 20.3 Å². The number of nitrogens with zero attached hydrogens (tertiary/aromatic N) is 2. The Balaban J connectivity index is 2.78. The topological polar surface area (TPSA) is 62.4 Å². The van der Waals surface area contributed by atoms with E-state index in [0.29, 0.717) is 11.5 Å². The van der Waals surface area contributed by atoms with Crippen LogP contribution >= 0.6 is 0 Å². The smallest absolute Gasteiger partial charge is 0.255 e. The molecule has 0 amide bonds. The second kappa shape index (κ2) is 5.45. The highest BCUT2D eigenvalue weighted by Crippen LogP contribution is 2.14. The molecule has 1 aromatic rings. The van der Waals surface area contributed by atoms with Crippen LogP contribution in [0.5, 0.6) is 0 Å². The molecule has 0 unspecified atom stereocenters. The number of aliphatic hydroxyl groups excluding tert-OH is 1. The maximum Gasteiger partial charge on any atom is 0.255 e. The molecule has 1 aromatic heterocycles. The molecule has 0 saturated heterocycles. The summed E-state index contributed by atoms with van der Waals surface area (Å²) in [5, 5.41) is 8.73. The Labute approximate surface area is 86.3 Å². The highest BCUT2D eigenvalue weighted by molar-refractivity contribution is 5.50. The van der Waals surface area contributed by atoms with Gasteiger partial charge in [0, 0.05) is 24.5 Å². The van der Waals surface area contributed by atoms with Crippen molar-refractivity contribution in [3.63, 3.8) is 0 Å². The number of aliphatic hydroxyl groups is 1. The van der Waals surface area contributed by atoms with Gasteiger partial charge in [-0.25, -0.2) is 13.8 Å². The van der Waals surface area contributed by atoms with E-state index in [0.717, 1.165) is 0 Å². The van der Waals surface area contributed by atoms with Crippen molar-refractivity contribution in [3.05, 3.63) is 18.3 Å². The number of aromatic nitrogens is 1. The van der Waals surface area contributed by atoms with Gasteiger partial charge >= 0.3 is 0 Å². The Morgan fingerprint density at radius 1 is 1.53 bits per heavy atom. The SMILES string of the molecule is Nc1ccnc(N(CCO)CC(F)F)c1. The summed E-state index contributed by atoms with van der Waals surface area (Å²) in [7, 11) is 0. The number of halogens is 2. The van der Waals surface area contributed by atoms with E-state index in [1.807, 2.05) is 0 Å². The number of anilines is 2. The molecule has 0 fully saturated rings. The number of pyridine rings is 1. The van der Waals surface area contributed by atoms with Crippen molar-refractivity contribution < 1.29 is 13.9 Å². The van der Waals surface area contributed by atoms with Gasteiger partial charge in [-0.15, -0.1) is 0 Å². The average molecular weight is 217 g/mol. The maximum absolute atomic E-state index is 12.2. The van der Waals surface area contributed by atoms with E-state index in [9.17, 15) is 8.78 Å². The van der Waals surface area contributed by atoms with Gasteiger partial charge in [-0.05, 0) is 6.07 Å². The molecular formula is C9H13F2N3O. The van der Waals surface area contributed by atoms with Crippen LogP contribution in [0, 0.1) is 0 Å². The molecule has 4 nitrogen and oxygen atoms in total. The fourth-order valence-electron chi connectivity index (χ4n) is 1.19. The summed E-state index contributed by atoms with van der Waals surface area (Å²) in [5.74, 6) is 0.351. The Kier molecular flexibility index (Phi) is 4.23. The van der Waals surface area contributed by atoms with E-state index < -0.39 is 13.0 Å². The number of hydrogen-bond donors (Lipinski definition) is 2. The molecule has 1 heterocycles. The molecule has 0 spiro atoms. The van der Waals surface area contributed by atoms with Crippen molar-refractivity contribution >= 4 is 11.5 Å². The molecule has 0 aliphatic rings. The molecule has 0 radical (unpaired) electrons. The predicted molar refractivity (Wildman–Crippen MR) is 54.0 cm³/mol. The van der Waals surface area contributed by atoms with Crippen LogP contribution in [0.3, 0.4) is 0 Å². The van der Waals surface area contributed by atoms with Crippen LogP contribution in [0.1, 0.15) is 0 Å². The first kappa shape index (κ1) is 11.6. The lowest BCUT2D eigenvalue weighted by Crippen LogP contribution is -2.32. The van der Waals surface area contributed by atoms with E-state index in [1.165, 1.54) is 17.2 Å². The highest BCUT2D eigenvalue weighted by atomic mass is 19.3. The van der Waals surface area contributed by atoms with Crippen LogP contribution in [0.25, 0.3) is 0 Å². The molecule has 0 aliphatic heterocycles. The van der Waals surface area contributed by atoms with Crippen LogP contribution in [-0.4, -0.2) is 36.2 Å². The Bertz CT molecular complexity index is 309. The molecule has 1 rings (SSSR count). The first-order valence-electron chi connectivity index (χ1n) is 4.49. The summed E-state index contributed by atoms with van der Waals surface area (Å²) in [5.41, 5.74) is 5.96. The Hall–Kier alpha value is -1.43. The van der Waals surface area contributed by atoms with Gasteiger partial charge in [0.05, 0.1) is 13.2 Å². The third kappa shape index (κ3) is 3.67. The molecule has 0 saturated carbocycles.